The van der Waals surface area contributed by atoms with Crippen molar-refractivity contribution in [3.63, 3.8) is 0 Å². The Hall–Kier alpha value is -2.18. The predicted molar refractivity (Wildman–Crippen MR) is 113 cm³/mol. The van der Waals surface area contributed by atoms with Crippen LogP contribution in [0.4, 0.5) is 0 Å². The molecular weight excluding hydrogens is 352 g/mol. The monoisotopic (exact) mass is 378 g/mol. The van der Waals surface area contributed by atoms with Crippen molar-refractivity contribution in [2.24, 2.45) is 0 Å². The van der Waals surface area contributed by atoms with E-state index in [0.717, 1.165) is 5.56 Å². The highest BCUT2D eigenvalue weighted by Gasteiger charge is 2.35. The summed E-state index contributed by atoms with van der Waals surface area (Å²) in [5.41, 5.74) is 3.49. The van der Waals surface area contributed by atoms with Crippen molar-refractivity contribution in [3.8, 4) is 11.8 Å². The van der Waals surface area contributed by atoms with Gasteiger partial charge in [-0.15, -0.1) is 11.8 Å². The molecule has 2 aromatic carbocycles. The van der Waals surface area contributed by atoms with Crippen LogP contribution in [0.15, 0.2) is 47.4 Å². The zero-order valence-corrected chi connectivity index (χ0v) is 16.9. The third kappa shape index (κ3) is 4.22. The zero-order chi connectivity index (χ0) is 19.3. The second-order valence-corrected chi connectivity index (χ2v) is 8.33. The Morgan fingerprint density at radius 2 is 1.85 bits per heavy atom. The smallest absolute Gasteiger partial charge is 0.336 e. The molecule has 0 bridgehead atoms. The molecule has 140 valence electrons. The lowest BCUT2D eigenvalue weighted by Gasteiger charge is -2.39. The minimum Gasteiger partial charge on any atom is -0.478 e. The average Bonchev–Trinajstić information content (AvgIpc) is 2.67. The van der Waals surface area contributed by atoms with Crippen molar-refractivity contribution in [1.29, 1.82) is 0 Å². The van der Waals surface area contributed by atoms with Crippen LogP contribution in [-0.2, 0) is 5.41 Å². The van der Waals surface area contributed by atoms with Crippen LogP contribution in [0.25, 0.3) is 0 Å². The van der Waals surface area contributed by atoms with Crippen LogP contribution < -0.4 is 0 Å². The quantitative estimate of drug-likeness (QED) is 0.637. The van der Waals surface area contributed by atoms with Gasteiger partial charge in [0.25, 0.3) is 0 Å². The van der Waals surface area contributed by atoms with Gasteiger partial charge in [-0.25, -0.2) is 4.79 Å². The molecule has 0 aliphatic carbocycles. The number of rotatable bonds is 5. The summed E-state index contributed by atoms with van der Waals surface area (Å²) in [7, 11) is 0. The van der Waals surface area contributed by atoms with E-state index in [0.29, 0.717) is 5.56 Å². The van der Waals surface area contributed by atoms with Crippen LogP contribution in [0, 0.1) is 11.8 Å². The van der Waals surface area contributed by atoms with Crippen LogP contribution in [0.3, 0.4) is 0 Å². The molecule has 1 N–H and O–H groups in total. The minimum absolute atomic E-state index is 0.254. The summed E-state index contributed by atoms with van der Waals surface area (Å²) >= 11 is 1.95. The molecule has 3 rings (SSSR count). The number of aromatic carboxylic acids is 1. The Bertz CT molecular complexity index is 883. The van der Waals surface area contributed by atoms with Crippen LogP contribution in [0.2, 0.25) is 0 Å². The predicted octanol–water partition coefficient (Wildman–Crippen LogP) is 6.12. The molecule has 3 heteroatoms. The largest absolute Gasteiger partial charge is 0.478 e. The van der Waals surface area contributed by atoms with E-state index in [1.165, 1.54) is 48.3 Å². The van der Waals surface area contributed by atoms with Crippen molar-refractivity contribution in [2.45, 2.75) is 56.3 Å². The molecular formula is C24H26O2S. The van der Waals surface area contributed by atoms with Crippen LogP contribution in [0.5, 0.6) is 0 Å². The Balaban J connectivity index is 2.01. The highest BCUT2D eigenvalue weighted by molar-refractivity contribution is 7.99. The maximum absolute atomic E-state index is 11.4. The maximum Gasteiger partial charge on any atom is 0.336 e. The molecule has 2 nitrogen and oxygen atoms in total. The molecule has 0 amide bonds. The first kappa shape index (κ1) is 19.6. The molecule has 0 fully saturated rings. The molecule has 1 aliphatic heterocycles. The van der Waals surface area contributed by atoms with E-state index in [1.54, 1.807) is 18.2 Å². The summed E-state index contributed by atoms with van der Waals surface area (Å²) in [6, 6.07) is 13.4. The van der Waals surface area contributed by atoms with E-state index in [9.17, 15) is 9.90 Å². The van der Waals surface area contributed by atoms with Crippen molar-refractivity contribution in [2.75, 3.05) is 5.75 Å². The fraction of sp³-hybridized carbons (Fsp3) is 0.375. The van der Waals surface area contributed by atoms with Crippen molar-refractivity contribution in [1.82, 2.24) is 0 Å². The van der Waals surface area contributed by atoms with E-state index in [4.69, 9.17) is 0 Å². The molecule has 2 aromatic rings. The highest BCUT2D eigenvalue weighted by atomic mass is 32.2. The first-order valence-electron chi connectivity index (χ1n) is 9.71. The first-order valence-corrected chi connectivity index (χ1v) is 10.7. The summed E-state index contributed by atoms with van der Waals surface area (Å²) in [4.78, 5) is 12.8. The number of hydrogen-bond donors (Lipinski definition) is 1. The van der Waals surface area contributed by atoms with Gasteiger partial charge < -0.3 is 5.11 Å². The number of carboxylic acid groups (broad SMARTS) is 1. The van der Waals surface area contributed by atoms with Crippen molar-refractivity contribution < 1.29 is 9.90 Å². The lowest BCUT2D eigenvalue weighted by molar-refractivity contribution is 0.0696. The number of carboxylic acids is 1. The van der Waals surface area contributed by atoms with Gasteiger partial charge in [0.2, 0.25) is 0 Å². The average molecular weight is 379 g/mol. The van der Waals surface area contributed by atoms with Gasteiger partial charge in [0.15, 0.2) is 0 Å². The second-order valence-electron chi connectivity index (χ2n) is 7.19. The lowest BCUT2D eigenvalue weighted by atomic mass is 9.71. The van der Waals surface area contributed by atoms with Crippen LogP contribution in [-0.4, -0.2) is 16.8 Å². The van der Waals surface area contributed by atoms with E-state index in [1.807, 2.05) is 17.8 Å². The fourth-order valence-corrected chi connectivity index (χ4v) is 5.47. The normalized spacial score (nSPS) is 14.7. The van der Waals surface area contributed by atoms with E-state index >= 15 is 0 Å². The van der Waals surface area contributed by atoms with Gasteiger partial charge in [0, 0.05) is 16.0 Å². The van der Waals surface area contributed by atoms with Gasteiger partial charge in [0.1, 0.15) is 0 Å². The minimum atomic E-state index is -0.938. The molecule has 0 radical (unpaired) electrons. The Morgan fingerprint density at radius 1 is 1.11 bits per heavy atom. The summed E-state index contributed by atoms with van der Waals surface area (Å²) in [5.74, 6) is 6.52. The van der Waals surface area contributed by atoms with Gasteiger partial charge in [-0.1, -0.05) is 50.7 Å². The molecule has 0 atom stereocenters. The van der Waals surface area contributed by atoms with Crippen molar-refractivity contribution in [3.05, 3.63) is 64.7 Å². The number of thioether (sulfide) groups is 1. The molecule has 1 heterocycles. The third-order valence-electron chi connectivity index (χ3n) is 5.35. The standard InChI is InChI=1S/C24H26O2S/c1-3-13-24(14-4-2)15-16-27-22-12-10-18(17-21(22)24)9-11-19-7-5-6-8-20(19)23(25)26/h5-8,10,12,17H,3-4,13-16H2,1-2H3,(H,25,26). The summed E-state index contributed by atoms with van der Waals surface area (Å²) in [6.45, 7) is 4.54. The molecule has 0 saturated heterocycles. The number of fused-ring (bicyclic) bond motifs is 1. The SMILES string of the molecule is CCCC1(CCC)CCSc2ccc(C#Cc3ccccc3C(=O)O)cc21. The number of hydrogen-bond acceptors (Lipinski definition) is 2. The Kier molecular flexibility index (Phi) is 6.29. The number of carbonyl (C=O) groups is 1. The van der Waals surface area contributed by atoms with Gasteiger partial charge in [-0.05, 0) is 66.3 Å². The Labute approximate surface area is 166 Å². The fourth-order valence-electron chi connectivity index (χ4n) is 4.16. The number of benzene rings is 2. The highest BCUT2D eigenvalue weighted by Crippen LogP contribution is 2.47. The Morgan fingerprint density at radius 3 is 2.56 bits per heavy atom. The van der Waals surface area contributed by atoms with Gasteiger partial charge >= 0.3 is 5.97 Å². The van der Waals surface area contributed by atoms with Gasteiger partial charge in [-0.3, -0.25) is 0 Å². The summed E-state index contributed by atoms with van der Waals surface area (Å²) in [5, 5.41) is 9.34. The molecule has 0 unspecified atom stereocenters. The topological polar surface area (TPSA) is 37.3 Å². The zero-order valence-electron chi connectivity index (χ0n) is 16.0. The van der Waals surface area contributed by atoms with E-state index < -0.39 is 5.97 Å². The van der Waals surface area contributed by atoms with Gasteiger partial charge in [0.05, 0.1) is 5.56 Å². The summed E-state index contributed by atoms with van der Waals surface area (Å²) < 4.78 is 0. The second kappa shape index (κ2) is 8.67. The lowest BCUT2D eigenvalue weighted by Crippen LogP contribution is -2.30. The van der Waals surface area contributed by atoms with Gasteiger partial charge in [-0.2, -0.15) is 0 Å². The third-order valence-corrected chi connectivity index (χ3v) is 6.42. The first-order chi connectivity index (χ1) is 13.1. The molecule has 27 heavy (non-hydrogen) atoms. The van der Waals surface area contributed by atoms with Crippen LogP contribution >= 0.6 is 11.8 Å². The molecule has 0 aromatic heterocycles. The summed E-state index contributed by atoms with van der Waals surface area (Å²) in [6.07, 6.45) is 6.03. The van der Waals surface area contributed by atoms with Crippen molar-refractivity contribution >= 4 is 17.7 Å². The van der Waals surface area contributed by atoms with E-state index in [2.05, 4.69) is 43.9 Å². The molecule has 1 aliphatic rings. The molecule has 0 spiro atoms. The maximum atomic E-state index is 11.4. The molecule has 0 saturated carbocycles. The van der Waals surface area contributed by atoms with Crippen LogP contribution in [0.1, 0.15) is 73.0 Å². The van der Waals surface area contributed by atoms with E-state index in [-0.39, 0.29) is 11.0 Å².